The van der Waals surface area contributed by atoms with Crippen LogP contribution in [0.25, 0.3) is 0 Å². The maximum atomic E-state index is 13.0. The summed E-state index contributed by atoms with van der Waals surface area (Å²) in [4.78, 5) is 26.4. The number of carbonyl (C=O) groups is 2. The highest BCUT2D eigenvalue weighted by molar-refractivity contribution is 5.76. The lowest BCUT2D eigenvalue weighted by Crippen LogP contribution is -2.44. The van der Waals surface area contributed by atoms with Gasteiger partial charge in [-0.2, -0.15) is 0 Å². The van der Waals surface area contributed by atoms with Gasteiger partial charge in [-0.3, -0.25) is 9.59 Å². The van der Waals surface area contributed by atoms with E-state index in [0.717, 1.165) is 32.1 Å². The molecule has 2 aliphatic carbocycles. The molecule has 0 aliphatic heterocycles. The number of nitrogens with one attached hydrogen (secondary N) is 1. The van der Waals surface area contributed by atoms with Gasteiger partial charge in [-0.15, -0.1) is 0 Å². The van der Waals surface area contributed by atoms with Gasteiger partial charge in [-0.25, -0.2) is 0 Å². The second-order valence-electron chi connectivity index (χ2n) is 9.48. The molecule has 2 N–H and O–H groups in total. The van der Waals surface area contributed by atoms with Crippen molar-refractivity contribution >= 4 is 11.8 Å². The Morgan fingerprint density at radius 3 is 2.40 bits per heavy atom. The molecule has 0 unspecified atom stereocenters. The number of likely N-dealkylation sites (N-methyl/N-ethyl adjacent to an activating group) is 1. The maximum absolute atomic E-state index is 13.0. The average Bonchev–Trinajstić information content (AvgIpc) is 2.93. The summed E-state index contributed by atoms with van der Waals surface area (Å²) in [7, 11) is 1.86. The highest BCUT2D eigenvalue weighted by Crippen LogP contribution is 2.39. The molecular weight excluding hydrogens is 376 g/mol. The molecule has 2 aliphatic rings. The van der Waals surface area contributed by atoms with Crippen molar-refractivity contribution in [2.75, 3.05) is 13.6 Å². The highest BCUT2D eigenvalue weighted by Gasteiger charge is 2.40. The lowest BCUT2D eigenvalue weighted by molar-refractivity contribution is -0.135. The minimum atomic E-state index is -0.534. The maximum Gasteiger partial charge on any atom is 0.222 e. The molecule has 3 atom stereocenters. The second-order valence-corrected chi connectivity index (χ2v) is 9.48. The molecule has 0 saturated heterocycles. The SMILES string of the molecule is CC(=O)NC[C@]1(c2ccccc2)CC[C@@H](O)[C@H](N(C)C(=O)CC2CCCCC2)CC1. The fraction of sp³-hybridized carbons (Fsp3) is 0.680. The lowest BCUT2D eigenvalue weighted by Gasteiger charge is -2.34. The summed E-state index contributed by atoms with van der Waals surface area (Å²) in [6.07, 6.45) is 9.12. The van der Waals surface area contributed by atoms with E-state index in [9.17, 15) is 14.7 Å². The summed E-state index contributed by atoms with van der Waals surface area (Å²) in [6.45, 7) is 2.11. The number of carbonyl (C=O) groups excluding carboxylic acids is 2. The summed E-state index contributed by atoms with van der Waals surface area (Å²) >= 11 is 0. The quantitative estimate of drug-likeness (QED) is 0.696. The van der Waals surface area contributed by atoms with Crippen LogP contribution >= 0.6 is 0 Å². The van der Waals surface area contributed by atoms with Gasteiger partial charge in [0.25, 0.3) is 0 Å². The molecule has 0 radical (unpaired) electrons. The Morgan fingerprint density at radius 2 is 1.73 bits per heavy atom. The largest absolute Gasteiger partial charge is 0.391 e. The fourth-order valence-electron chi connectivity index (χ4n) is 5.43. The number of amides is 2. The molecule has 2 saturated carbocycles. The highest BCUT2D eigenvalue weighted by atomic mass is 16.3. The molecule has 5 heteroatoms. The molecule has 1 aromatic carbocycles. The summed E-state index contributed by atoms with van der Waals surface area (Å²) in [6, 6.07) is 10.1. The van der Waals surface area contributed by atoms with Crippen molar-refractivity contribution in [1.82, 2.24) is 10.2 Å². The number of rotatable bonds is 6. The van der Waals surface area contributed by atoms with Gasteiger partial charge in [0.05, 0.1) is 12.1 Å². The standard InChI is InChI=1S/C25H38N2O3/c1-19(28)26-18-25(21-11-7-4-8-12-21)15-13-22(23(29)14-16-25)27(2)24(30)17-20-9-5-3-6-10-20/h4,7-8,11-12,20,22-23,29H,3,5-6,9-10,13-18H2,1-2H3,(H,26,28)/t22-,23-,25-/m1/s1. The van der Waals surface area contributed by atoms with Gasteiger partial charge >= 0.3 is 0 Å². The average molecular weight is 415 g/mol. The Balaban J connectivity index is 1.71. The minimum absolute atomic E-state index is 0.0357. The first-order chi connectivity index (χ1) is 14.4. The van der Waals surface area contributed by atoms with E-state index in [1.54, 1.807) is 6.92 Å². The molecule has 2 amide bonds. The van der Waals surface area contributed by atoms with Crippen molar-refractivity contribution in [2.24, 2.45) is 5.92 Å². The van der Waals surface area contributed by atoms with Gasteiger partial charge < -0.3 is 15.3 Å². The zero-order chi connectivity index (χ0) is 21.6. The topological polar surface area (TPSA) is 69.6 Å². The zero-order valence-corrected chi connectivity index (χ0v) is 18.6. The van der Waals surface area contributed by atoms with Crippen LogP contribution in [0.2, 0.25) is 0 Å². The first-order valence-electron chi connectivity index (χ1n) is 11.6. The predicted octanol–water partition coefficient (Wildman–Crippen LogP) is 3.79. The van der Waals surface area contributed by atoms with Gasteiger partial charge in [0.15, 0.2) is 0 Å². The van der Waals surface area contributed by atoms with Crippen molar-refractivity contribution in [1.29, 1.82) is 0 Å². The summed E-state index contributed by atoms with van der Waals surface area (Å²) in [5.41, 5.74) is 0.985. The molecule has 0 aromatic heterocycles. The number of nitrogens with zero attached hydrogens (tertiary/aromatic N) is 1. The monoisotopic (exact) mass is 414 g/mol. The van der Waals surface area contributed by atoms with Crippen molar-refractivity contribution in [3.05, 3.63) is 35.9 Å². The molecule has 2 fully saturated rings. The van der Waals surface area contributed by atoms with Crippen molar-refractivity contribution in [3.8, 4) is 0 Å². The third-order valence-corrected chi connectivity index (χ3v) is 7.42. The van der Waals surface area contributed by atoms with Crippen molar-refractivity contribution in [3.63, 3.8) is 0 Å². The van der Waals surface area contributed by atoms with Crippen LogP contribution in [-0.2, 0) is 15.0 Å². The molecule has 5 nitrogen and oxygen atoms in total. The Hall–Kier alpha value is -1.88. The van der Waals surface area contributed by atoms with Crippen LogP contribution in [0.1, 0.15) is 76.7 Å². The van der Waals surface area contributed by atoms with Gasteiger partial charge in [0.2, 0.25) is 11.8 Å². The van der Waals surface area contributed by atoms with Crippen LogP contribution in [0.4, 0.5) is 0 Å². The lowest BCUT2D eigenvalue weighted by atomic mass is 9.74. The van der Waals surface area contributed by atoms with E-state index >= 15 is 0 Å². The molecule has 0 bridgehead atoms. The Kier molecular flexibility index (Phi) is 7.93. The van der Waals surface area contributed by atoms with E-state index in [2.05, 4.69) is 17.4 Å². The Bertz CT molecular complexity index is 702. The Morgan fingerprint density at radius 1 is 1.07 bits per heavy atom. The van der Waals surface area contributed by atoms with E-state index in [1.165, 1.54) is 24.8 Å². The molecule has 0 heterocycles. The predicted molar refractivity (Wildman–Crippen MR) is 119 cm³/mol. The summed E-state index contributed by atoms with van der Waals surface area (Å²) in [5, 5.41) is 14.0. The van der Waals surface area contributed by atoms with Crippen molar-refractivity contribution in [2.45, 2.75) is 88.7 Å². The second kappa shape index (κ2) is 10.4. The number of aliphatic hydroxyl groups excluding tert-OH is 1. The number of hydrogen-bond acceptors (Lipinski definition) is 3. The van der Waals surface area contributed by atoms with Crippen molar-refractivity contribution < 1.29 is 14.7 Å². The zero-order valence-electron chi connectivity index (χ0n) is 18.6. The third kappa shape index (κ3) is 5.63. The summed E-state index contributed by atoms with van der Waals surface area (Å²) < 4.78 is 0. The van der Waals surface area contributed by atoms with Gasteiger partial charge in [0, 0.05) is 32.4 Å². The minimum Gasteiger partial charge on any atom is -0.391 e. The van der Waals surface area contributed by atoms with Gasteiger partial charge in [-0.1, -0.05) is 49.6 Å². The van der Waals surface area contributed by atoms with Crippen LogP contribution in [0.5, 0.6) is 0 Å². The third-order valence-electron chi connectivity index (χ3n) is 7.42. The van der Waals surface area contributed by atoms with Crippen LogP contribution in [0, 0.1) is 5.92 Å². The smallest absolute Gasteiger partial charge is 0.222 e. The molecule has 166 valence electrons. The van der Waals surface area contributed by atoms with E-state index in [0.29, 0.717) is 25.3 Å². The fourth-order valence-corrected chi connectivity index (χ4v) is 5.43. The molecule has 0 spiro atoms. The van der Waals surface area contributed by atoms with E-state index in [1.807, 2.05) is 30.1 Å². The molecule has 1 aromatic rings. The Labute approximate surface area is 181 Å². The van der Waals surface area contributed by atoms with E-state index in [-0.39, 0.29) is 23.3 Å². The van der Waals surface area contributed by atoms with Crippen LogP contribution in [0.15, 0.2) is 30.3 Å². The normalized spacial score (nSPS) is 27.8. The number of aliphatic hydroxyl groups is 1. The summed E-state index contributed by atoms with van der Waals surface area (Å²) in [5.74, 6) is 0.631. The molecule has 3 rings (SSSR count). The van der Waals surface area contributed by atoms with E-state index < -0.39 is 6.10 Å². The van der Waals surface area contributed by atoms with Gasteiger partial charge in [-0.05, 0) is 50.0 Å². The number of benzene rings is 1. The van der Waals surface area contributed by atoms with Gasteiger partial charge in [0.1, 0.15) is 0 Å². The first-order valence-corrected chi connectivity index (χ1v) is 11.6. The molecule has 30 heavy (non-hydrogen) atoms. The number of hydrogen-bond donors (Lipinski definition) is 2. The van der Waals surface area contributed by atoms with Crippen LogP contribution in [-0.4, -0.2) is 47.6 Å². The van der Waals surface area contributed by atoms with E-state index in [4.69, 9.17) is 0 Å². The molecular formula is C25H38N2O3. The van der Waals surface area contributed by atoms with Crippen LogP contribution in [0.3, 0.4) is 0 Å². The first kappa shape index (κ1) is 22.8. The van der Waals surface area contributed by atoms with Crippen LogP contribution < -0.4 is 5.32 Å².